The van der Waals surface area contributed by atoms with Crippen LogP contribution in [0.2, 0.25) is 0 Å². The molecule has 2 aromatic rings. The van der Waals surface area contributed by atoms with E-state index in [1.807, 2.05) is 0 Å². The number of benzene rings is 1. The van der Waals surface area contributed by atoms with Gasteiger partial charge in [0.15, 0.2) is 6.61 Å². The van der Waals surface area contributed by atoms with Crippen LogP contribution in [0.3, 0.4) is 0 Å². The number of esters is 1. The molecule has 3 rings (SSSR count). The number of hydrogen-bond acceptors (Lipinski definition) is 5. The van der Waals surface area contributed by atoms with Crippen molar-refractivity contribution in [1.29, 1.82) is 0 Å². The number of hydrogen-bond donors (Lipinski definition) is 1. The first-order chi connectivity index (χ1) is 11.1. The minimum absolute atomic E-state index is 0.0927. The van der Waals surface area contributed by atoms with Crippen LogP contribution < -0.4 is 5.56 Å². The van der Waals surface area contributed by atoms with Crippen LogP contribution in [0, 0.1) is 0 Å². The first-order valence-electron chi connectivity index (χ1n) is 7.55. The van der Waals surface area contributed by atoms with Crippen molar-refractivity contribution in [2.24, 2.45) is 0 Å². The Balaban J connectivity index is 1.65. The van der Waals surface area contributed by atoms with Gasteiger partial charge in [0.05, 0.1) is 17.5 Å². The summed E-state index contributed by atoms with van der Waals surface area (Å²) >= 11 is 0. The fraction of sp³-hybridized carbons (Fsp3) is 0.375. The molecule has 7 heteroatoms. The molecule has 120 valence electrons. The Kier molecular flexibility index (Phi) is 4.36. The van der Waals surface area contributed by atoms with Gasteiger partial charge in [-0.1, -0.05) is 18.2 Å². The molecule has 1 fully saturated rings. The molecule has 23 heavy (non-hydrogen) atoms. The van der Waals surface area contributed by atoms with Crippen LogP contribution in [-0.2, 0) is 20.7 Å². The van der Waals surface area contributed by atoms with Crippen molar-refractivity contribution in [2.75, 3.05) is 19.7 Å². The Morgan fingerprint density at radius 1 is 1.17 bits per heavy atom. The van der Waals surface area contributed by atoms with Gasteiger partial charge in [0.2, 0.25) is 0 Å². The summed E-state index contributed by atoms with van der Waals surface area (Å²) in [6.45, 7) is 1.20. The maximum absolute atomic E-state index is 11.9. The van der Waals surface area contributed by atoms with Gasteiger partial charge >= 0.3 is 5.97 Å². The fourth-order valence-corrected chi connectivity index (χ4v) is 2.69. The molecular formula is C16H17N3O4. The highest BCUT2D eigenvalue weighted by atomic mass is 16.5. The molecule has 0 radical (unpaired) electrons. The molecule has 2 heterocycles. The summed E-state index contributed by atoms with van der Waals surface area (Å²) in [5.41, 5.74) is 0.126. The number of ether oxygens (including phenoxy) is 1. The van der Waals surface area contributed by atoms with Crippen LogP contribution in [0.1, 0.15) is 18.5 Å². The van der Waals surface area contributed by atoms with E-state index >= 15 is 0 Å². The molecule has 1 aliphatic heterocycles. The molecule has 0 saturated carbocycles. The average Bonchev–Trinajstić information content (AvgIpc) is 3.10. The summed E-state index contributed by atoms with van der Waals surface area (Å²) < 4.78 is 5.04. The van der Waals surface area contributed by atoms with E-state index in [2.05, 4.69) is 10.2 Å². The van der Waals surface area contributed by atoms with Crippen LogP contribution in [0.5, 0.6) is 0 Å². The van der Waals surface area contributed by atoms with Crippen molar-refractivity contribution in [2.45, 2.75) is 19.3 Å². The maximum Gasteiger partial charge on any atom is 0.312 e. The van der Waals surface area contributed by atoms with E-state index in [4.69, 9.17) is 4.74 Å². The van der Waals surface area contributed by atoms with Crippen molar-refractivity contribution >= 4 is 22.6 Å². The molecule has 7 nitrogen and oxygen atoms in total. The third kappa shape index (κ3) is 3.39. The van der Waals surface area contributed by atoms with E-state index in [9.17, 15) is 14.4 Å². The molecular weight excluding hydrogens is 298 g/mol. The van der Waals surface area contributed by atoms with Crippen molar-refractivity contribution < 1.29 is 14.3 Å². The lowest BCUT2D eigenvalue weighted by Crippen LogP contribution is -2.32. The zero-order valence-electron chi connectivity index (χ0n) is 12.6. The third-order valence-corrected chi connectivity index (χ3v) is 3.90. The van der Waals surface area contributed by atoms with Crippen LogP contribution in [0.4, 0.5) is 0 Å². The fourth-order valence-electron chi connectivity index (χ4n) is 2.69. The molecule has 0 spiro atoms. The number of likely N-dealkylation sites (tertiary alicyclic amines) is 1. The smallest absolute Gasteiger partial charge is 0.312 e. The van der Waals surface area contributed by atoms with Gasteiger partial charge in [-0.3, -0.25) is 14.4 Å². The monoisotopic (exact) mass is 315 g/mol. The first-order valence-corrected chi connectivity index (χ1v) is 7.55. The number of aromatic amines is 1. The molecule has 0 bridgehead atoms. The number of carbonyl (C=O) groups is 2. The number of aromatic nitrogens is 2. The van der Waals surface area contributed by atoms with Crippen molar-refractivity contribution in [3.8, 4) is 0 Å². The third-order valence-electron chi connectivity index (χ3n) is 3.90. The second-order valence-corrected chi connectivity index (χ2v) is 5.47. The van der Waals surface area contributed by atoms with Gasteiger partial charge in [-0.15, -0.1) is 0 Å². The first kappa shape index (κ1) is 15.2. The van der Waals surface area contributed by atoms with E-state index < -0.39 is 5.97 Å². The predicted octanol–water partition coefficient (Wildman–Crippen LogP) is 0.631. The number of carbonyl (C=O) groups excluding carboxylic acids is 2. The Labute approximate surface area is 132 Å². The largest absolute Gasteiger partial charge is 0.455 e. The highest BCUT2D eigenvalue weighted by Gasteiger charge is 2.19. The van der Waals surface area contributed by atoms with Gasteiger partial charge in [-0.05, 0) is 18.9 Å². The number of amides is 1. The van der Waals surface area contributed by atoms with Crippen molar-refractivity contribution in [1.82, 2.24) is 15.1 Å². The lowest BCUT2D eigenvalue weighted by molar-refractivity contribution is -0.151. The number of H-pyrrole nitrogens is 1. The Morgan fingerprint density at radius 3 is 2.61 bits per heavy atom. The van der Waals surface area contributed by atoms with Crippen LogP contribution in [0.25, 0.3) is 10.8 Å². The van der Waals surface area contributed by atoms with Gasteiger partial charge in [0.25, 0.3) is 11.5 Å². The van der Waals surface area contributed by atoms with E-state index in [0.29, 0.717) is 16.5 Å². The van der Waals surface area contributed by atoms with Crippen molar-refractivity contribution in [3.05, 3.63) is 40.3 Å². The van der Waals surface area contributed by atoms with E-state index in [-0.39, 0.29) is 24.5 Å². The van der Waals surface area contributed by atoms with Gasteiger partial charge in [-0.2, -0.15) is 5.10 Å². The minimum atomic E-state index is -0.540. The maximum atomic E-state index is 11.9. The van der Waals surface area contributed by atoms with Gasteiger partial charge < -0.3 is 9.64 Å². The Morgan fingerprint density at radius 2 is 1.87 bits per heavy atom. The van der Waals surface area contributed by atoms with Gasteiger partial charge in [0, 0.05) is 18.5 Å². The highest BCUT2D eigenvalue weighted by Crippen LogP contribution is 2.13. The summed E-state index contributed by atoms with van der Waals surface area (Å²) in [6.07, 6.45) is 1.89. The van der Waals surface area contributed by atoms with Crippen LogP contribution >= 0.6 is 0 Å². The van der Waals surface area contributed by atoms with Gasteiger partial charge in [0.1, 0.15) is 0 Å². The van der Waals surface area contributed by atoms with Gasteiger partial charge in [-0.25, -0.2) is 5.10 Å². The normalized spacial score (nSPS) is 14.2. The van der Waals surface area contributed by atoms with E-state index in [1.165, 1.54) is 0 Å². The SMILES string of the molecule is O=C(Cc1n[nH]c(=O)c2ccccc12)OCC(=O)N1CCCC1. The number of nitrogens with one attached hydrogen (secondary N) is 1. The summed E-state index contributed by atoms with van der Waals surface area (Å²) in [6, 6.07) is 6.92. The average molecular weight is 315 g/mol. The lowest BCUT2D eigenvalue weighted by atomic mass is 10.1. The van der Waals surface area contributed by atoms with Crippen molar-refractivity contribution in [3.63, 3.8) is 0 Å². The van der Waals surface area contributed by atoms with Crippen LogP contribution in [0.15, 0.2) is 29.1 Å². The highest BCUT2D eigenvalue weighted by molar-refractivity contribution is 5.87. The lowest BCUT2D eigenvalue weighted by Gasteiger charge is -2.14. The zero-order valence-corrected chi connectivity index (χ0v) is 12.6. The summed E-state index contributed by atoms with van der Waals surface area (Å²) in [7, 11) is 0. The molecule has 0 unspecified atom stereocenters. The topological polar surface area (TPSA) is 92.4 Å². The minimum Gasteiger partial charge on any atom is -0.455 e. The predicted molar refractivity (Wildman–Crippen MR) is 82.8 cm³/mol. The molecule has 1 aromatic heterocycles. The Bertz CT molecular complexity index is 793. The summed E-state index contributed by atoms with van der Waals surface area (Å²) in [4.78, 5) is 37.2. The second kappa shape index (κ2) is 6.60. The van der Waals surface area contributed by atoms with Crippen LogP contribution in [-0.4, -0.2) is 46.7 Å². The number of nitrogens with zero attached hydrogens (tertiary/aromatic N) is 2. The van der Waals surface area contributed by atoms with E-state index in [0.717, 1.165) is 25.9 Å². The summed E-state index contributed by atoms with van der Waals surface area (Å²) in [5.74, 6) is -0.711. The second-order valence-electron chi connectivity index (χ2n) is 5.47. The molecule has 1 aliphatic rings. The number of rotatable bonds is 4. The van der Waals surface area contributed by atoms with E-state index in [1.54, 1.807) is 29.2 Å². The molecule has 1 amide bonds. The number of fused-ring (bicyclic) bond motifs is 1. The summed E-state index contributed by atoms with van der Waals surface area (Å²) in [5, 5.41) is 7.37. The quantitative estimate of drug-likeness (QED) is 0.836. The zero-order chi connectivity index (χ0) is 16.2. The molecule has 0 atom stereocenters. The molecule has 1 aromatic carbocycles. The molecule has 0 aliphatic carbocycles. The standard InChI is InChI=1S/C16H17N3O4/c20-14(19-7-3-4-8-19)10-23-15(21)9-13-11-5-1-2-6-12(11)16(22)18-17-13/h1-2,5-6H,3-4,7-10H2,(H,18,22). The Hall–Kier alpha value is -2.70. The molecule has 1 saturated heterocycles. The molecule has 1 N–H and O–H groups in total.